The average Bonchev–Trinajstić information content (AvgIpc) is 2.00. The van der Waals surface area contributed by atoms with Gasteiger partial charge in [0.05, 0.1) is 13.2 Å². The average molecular weight is 190 g/mol. The quantitative estimate of drug-likeness (QED) is 0.512. The number of ether oxygens (including phenoxy) is 2. The predicted octanol–water partition coefficient (Wildman–Crippen LogP) is 1.79. The van der Waals surface area contributed by atoms with Crippen LogP contribution in [0.2, 0.25) is 0 Å². The number of hydrogen-bond donors (Lipinski definition) is 1. The summed E-state index contributed by atoms with van der Waals surface area (Å²) >= 11 is 0. The zero-order valence-electron chi connectivity index (χ0n) is 9.17. The number of aliphatic hydroxyl groups excluding tert-OH is 1. The Hall–Kier alpha value is -0.120. The van der Waals surface area contributed by atoms with Crippen LogP contribution in [0.5, 0.6) is 0 Å². The van der Waals surface area contributed by atoms with E-state index in [1.54, 1.807) is 0 Å². The summed E-state index contributed by atoms with van der Waals surface area (Å²) in [4.78, 5) is 0. The van der Waals surface area contributed by atoms with E-state index in [0.717, 1.165) is 0 Å². The third-order valence-electron chi connectivity index (χ3n) is 1.42. The molecule has 0 aliphatic heterocycles. The molecule has 1 atom stereocenters. The molecule has 3 nitrogen and oxygen atoms in total. The lowest BCUT2D eigenvalue weighted by atomic mass is 9.99. The summed E-state index contributed by atoms with van der Waals surface area (Å²) in [5.74, 6) is 0. The Bertz CT molecular complexity index is 118. The van der Waals surface area contributed by atoms with Crippen molar-refractivity contribution in [3.8, 4) is 0 Å². The predicted molar refractivity (Wildman–Crippen MR) is 52.5 cm³/mol. The molecule has 0 radical (unpaired) electrons. The van der Waals surface area contributed by atoms with Gasteiger partial charge < -0.3 is 14.6 Å². The highest BCUT2D eigenvalue weighted by molar-refractivity contribution is 4.59. The fourth-order valence-electron chi connectivity index (χ4n) is 0.758. The van der Waals surface area contributed by atoms with E-state index in [4.69, 9.17) is 9.47 Å². The Morgan fingerprint density at radius 2 is 1.92 bits per heavy atom. The largest absolute Gasteiger partial charge is 0.382 e. The minimum absolute atomic E-state index is 0.104. The Morgan fingerprint density at radius 1 is 1.31 bits per heavy atom. The molecular weight excluding hydrogens is 168 g/mol. The first-order chi connectivity index (χ1) is 5.95. The number of hydrogen-bond acceptors (Lipinski definition) is 3. The second kappa shape index (κ2) is 6.35. The summed E-state index contributed by atoms with van der Waals surface area (Å²) in [6, 6.07) is 0. The standard InChI is InChI=1S/C10H22O3/c1-5-12-7-6-9(11)13-8-10(2,3)4/h9,11H,5-8H2,1-4H3. The lowest BCUT2D eigenvalue weighted by molar-refractivity contribution is -0.129. The van der Waals surface area contributed by atoms with Gasteiger partial charge in [0, 0.05) is 13.0 Å². The van der Waals surface area contributed by atoms with E-state index in [1.165, 1.54) is 0 Å². The molecule has 80 valence electrons. The topological polar surface area (TPSA) is 38.7 Å². The van der Waals surface area contributed by atoms with Crippen LogP contribution in [-0.4, -0.2) is 31.2 Å². The monoisotopic (exact) mass is 190 g/mol. The molecule has 1 unspecified atom stereocenters. The Balaban J connectivity index is 3.35. The van der Waals surface area contributed by atoms with Crippen molar-refractivity contribution in [2.24, 2.45) is 5.41 Å². The SMILES string of the molecule is CCOCCC(O)OCC(C)(C)C. The number of rotatable bonds is 6. The second-order valence-corrected chi connectivity index (χ2v) is 4.31. The van der Waals surface area contributed by atoms with Gasteiger partial charge in [-0.15, -0.1) is 0 Å². The van der Waals surface area contributed by atoms with Gasteiger partial charge in [-0.2, -0.15) is 0 Å². The maximum atomic E-state index is 9.34. The molecule has 0 fully saturated rings. The van der Waals surface area contributed by atoms with Crippen molar-refractivity contribution in [2.45, 2.75) is 40.4 Å². The zero-order chi connectivity index (χ0) is 10.3. The van der Waals surface area contributed by atoms with Gasteiger partial charge in [0.1, 0.15) is 0 Å². The van der Waals surface area contributed by atoms with Crippen molar-refractivity contribution >= 4 is 0 Å². The molecule has 0 aromatic heterocycles. The highest BCUT2D eigenvalue weighted by Crippen LogP contribution is 2.14. The first kappa shape index (κ1) is 12.9. The zero-order valence-corrected chi connectivity index (χ0v) is 9.17. The molecule has 0 heterocycles. The van der Waals surface area contributed by atoms with Crippen molar-refractivity contribution in [3.05, 3.63) is 0 Å². The van der Waals surface area contributed by atoms with E-state index in [2.05, 4.69) is 20.8 Å². The van der Waals surface area contributed by atoms with Crippen LogP contribution in [0.1, 0.15) is 34.1 Å². The van der Waals surface area contributed by atoms with E-state index in [-0.39, 0.29) is 5.41 Å². The van der Waals surface area contributed by atoms with Crippen LogP contribution in [0.25, 0.3) is 0 Å². The van der Waals surface area contributed by atoms with Crippen molar-refractivity contribution in [1.82, 2.24) is 0 Å². The van der Waals surface area contributed by atoms with Crippen LogP contribution in [0.4, 0.5) is 0 Å². The van der Waals surface area contributed by atoms with E-state index < -0.39 is 6.29 Å². The summed E-state index contributed by atoms with van der Waals surface area (Å²) in [5.41, 5.74) is 0.104. The van der Waals surface area contributed by atoms with E-state index in [0.29, 0.717) is 26.2 Å². The molecule has 0 bridgehead atoms. The summed E-state index contributed by atoms with van der Waals surface area (Å²) in [6.45, 7) is 9.96. The van der Waals surface area contributed by atoms with Crippen molar-refractivity contribution in [1.29, 1.82) is 0 Å². The third kappa shape index (κ3) is 9.80. The maximum Gasteiger partial charge on any atom is 0.156 e. The Morgan fingerprint density at radius 3 is 2.38 bits per heavy atom. The van der Waals surface area contributed by atoms with Crippen LogP contribution >= 0.6 is 0 Å². The lowest BCUT2D eigenvalue weighted by Gasteiger charge is -2.20. The van der Waals surface area contributed by atoms with Gasteiger partial charge in [-0.3, -0.25) is 0 Å². The van der Waals surface area contributed by atoms with Crippen molar-refractivity contribution < 1.29 is 14.6 Å². The molecule has 0 aromatic rings. The maximum absolute atomic E-state index is 9.34. The van der Waals surface area contributed by atoms with Crippen LogP contribution in [-0.2, 0) is 9.47 Å². The molecule has 0 aromatic carbocycles. The molecule has 0 spiro atoms. The summed E-state index contributed by atoms with van der Waals surface area (Å²) in [7, 11) is 0. The normalized spacial score (nSPS) is 14.5. The molecule has 0 saturated carbocycles. The lowest BCUT2D eigenvalue weighted by Crippen LogP contribution is -2.22. The smallest absolute Gasteiger partial charge is 0.156 e. The molecule has 0 saturated heterocycles. The minimum Gasteiger partial charge on any atom is -0.382 e. The molecule has 13 heavy (non-hydrogen) atoms. The van der Waals surface area contributed by atoms with Gasteiger partial charge in [0.15, 0.2) is 6.29 Å². The summed E-state index contributed by atoms with van der Waals surface area (Å²) in [6.07, 6.45) is -0.144. The molecule has 0 rings (SSSR count). The van der Waals surface area contributed by atoms with Crippen molar-refractivity contribution in [3.63, 3.8) is 0 Å². The molecule has 3 heteroatoms. The molecule has 1 N–H and O–H groups in total. The van der Waals surface area contributed by atoms with Gasteiger partial charge in [-0.25, -0.2) is 0 Å². The highest BCUT2D eigenvalue weighted by Gasteiger charge is 2.13. The number of aliphatic hydroxyl groups is 1. The summed E-state index contributed by atoms with van der Waals surface area (Å²) in [5, 5.41) is 9.34. The second-order valence-electron chi connectivity index (χ2n) is 4.31. The fraction of sp³-hybridized carbons (Fsp3) is 1.00. The van der Waals surface area contributed by atoms with Crippen LogP contribution in [0.15, 0.2) is 0 Å². The van der Waals surface area contributed by atoms with Gasteiger partial charge in [0.25, 0.3) is 0 Å². The van der Waals surface area contributed by atoms with Crippen molar-refractivity contribution in [2.75, 3.05) is 19.8 Å². The molecule has 0 aliphatic rings. The van der Waals surface area contributed by atoms with Gasteiger partial charge in [0.2, 0.25) is 0 Å². The molecular formula is C10H22O3. The highest BCUT2D eigenvalue weighted by atomic mass is 16.6. The van der Waals surface area contributed by atoms with E-state index in [1.807, 2.05) is 6.92 Å². The van der Waals surface area contributed by atoms with E-state index in [9.17, 15) is 5.11 Å². The first-order valence-corrected chi connectivity index (χ1v) is 4.83. The van der Waals surface area contributed by atoms with Gasteiger partial charge >= 0.3 is 0 Å². The molecule has 0 aliphatic carbocycles. The van der Waals surface area contributed by atoms with Crippen LogP contribution in [0, 0.1) is 5.41 Å². The minimum atomic E-state index is -0.689. The fourth-order valence-corrected chi connectivity index (χ4v) is 0.758. The third-order valence-corrected chi connectivity index (χ3v) is 1.42. The van der Waals surface area contributed by atoms with Gasteiger partial charge in [-0.1, -0.05) is 20.8 Å². The Kier molecular flexibility index (Phi) is 6.29. The summed E-state index contributed by atoms with van der Waals surface area (Å²) < 4.78 is 10.3. The van der Waals surface area contributed by atoms with Gasteiger partial charge in [-0.05, 0) is 12.3 Å². The van der Waals surface area contributed by atoms with E-state index >= 15 is 0 Å². The first-order valence-electron chi connectivity index (χ1n) is 4.83. The van der Waals surface area contributed by atoms with Crippen LogP contribution < -0.4 is 0 Å². The van der Waals surface area contributed by atoms with Crippen LogP contribution in [0.3, 0.4) is 0 Å². The Labute approximate surface area is 81.0 Å². The molecule has 0 amide bonds.